The molecule has 5 heteroatoms. The number of piperidine rings is 1. The number of hydrogen-bond donors (Lipinski definition) is 0. The minimum absolute atomic E-state index is 0.737. The maximum atomic E-state index is 6.17. The van der Waals surface area contributed by atoms with Crippen molar-refractivity contribution in [2.75, 3.05) is 40.3 Å². The van der Waals surface area contributed by atoms with Gasteiger partial charge in [0, 0.05) is 18.5 Å². The Balaban J connectivity index is 1.19. The molecule has 2 aromatic rings. The van der Waals surface area contributed by atoms with Crippen LogP contribution >= 0.6 is 0 Å². The zero-order valence-corrected chi connectivity index (χ0v) is 20.4. The second-order valence-corrected chi connectivity index (χ2v) is 10.6. The first-order valence-electron chi connectivity index (χ1n) is 12.9. The SMILES string of the molecule is CN(C)Cc1c(OCC2CC2)ccc2c(CCC3CCN(CC4=CCCC=C4)CC3)noc12. The van der Waals surface area contributed by atoms with Crippen molar-refractivity contribution in [1.82, 2.24) is 15.0 Å². The lowest BCUT2D eigenvalue weighted by Crippen LogP contribution is -2.35. The second kappa shape index (κ2) is 10.4. The van der Waals surface area contributed by atoms with Gasteiger partial charge in [0.25, 0.3) is 0 Å². The molecule has 1 aromatic carbocycles. The first-order chi connectivity index (χ1) is 16.2. The number of fused-ring (bicyclic) bond motifs is 1. The molecule has 0 amide bonds. The second-order valence-electron chi connectivity index (χ2n) is 10.6. The highest BCUT2D eigenvalue weighted by atomic mass is 16.5. The Morgan fingerprint density at radius 1 is 1.09 bits per heavy atom. The van der Waals surface area contributed by atoms with Gasteiger partial charge in [0.15, 0.2) is 5.58 Å². The van der Waals surface area contributed by atoms with Gasteiger partial charge in [-0.15, -0.1) is 0 Å². The first-order valence-corrected chi connectivity index (χ1v) is 12.9. The Bertz CT molecular complexity index is 994. The van der Waals surface area contributed by atoms with Gasteiger partial charge in [0.1, 0.15) is 5.75 Å². The fourth-order valence-corrected chi connectivity index (χ4v) is 5.18. The van der Waals surface area contributed by atoms with E-state index >= 15 is 0 Å². The average molecular weight is 450 g/mol. The summed E-state index contributed by atoms with van der Waals surface area (Å²) in [5.74, 6) is 2.48. The van der Waals surface area contributed by atoms with Gasteiger partial charge in [-0.25, -0.2) is 0 Å². The van der Waals surface area contributed by atoms with Crippen molar-refractivity contribution in [3.8, 4) is 5.75 Å². The van der Waals surface area contributed by atoms with E-state index in [1.54, 1.807) is 0 Å². The van der Waals surface area contributed by atoms with Gasteiger partial charge in [-0.3, -0.25) is 4.90 Å². The summed E-state index contributed by atoms with van der Waals surface area (Å²) in [4.78, 5) is 4.80. The van der Waals surface area contributed by atoms with Crippen LogP contribution in [0.4, 0.5) is 0 Å². The molecule has 0 spiro atoms. The summed E-state index contributed by atoms with van der Waals surface area (Å²) in [7, 11) is 4.18. The van der Waals surface area contributed by atoms with Crippen LogP contribution < -0.4 is 4.74 Å². The molecular weight excluding hydrogens is 410 g/mol. The molecule has 1 saturated heterocycles. The van der Waals surface area contributed by atoms with Gasteiger partial charge < -0.3 is 14.2 Å². The predicted octanol–water partition coefficient (Wildman–Crippen LogP) is 5.60. The molecule has 1 aliphatic heterocycles. The van der Waals surface area contributed by atoms with E-state index in [-0.39, 0.29) is 0 Å². The number of aryl methyl sites for hydroxylation is 1. The van der Waals surface area contributed by atoms with Gasteiger partial charge in [-0.2, -0.15) is 0 Å². The first kappa shape index (κ1) is 22.7. The molecule has 0 N–H and O–H groups in total. The molecule has 0 radical (unpaired) electrons. The third kappa shape index (κ3) is 5.88. The molecule has 2 aliphatic carbocycles. The van der Waals surface area contributed by atoms with Crippen LogP contribution in [0.1, 0.15) is 56.2 Å². The standard InChI is InChI=1S/C28H39N3O2/c1-30(2)19-25-27(32-20-23-8-9-23)13-11-24-26(29-33-28(24)25)12-10-21-14-16-31(17-15-21)18-22-6-4-3-5-7-22/h4,6-7,11,13,21,23H,3,5,8-10,12,14-20H2,1-2H3. The van der Waals surface area contributed by atoms with Crippen LogP contribution in [0.25, 0.3) is 11.0 Å². The molecule has 0 bridgehead atoms. The monoisotopic (exact) mass is 449 g/mol. The Labute approximate surface area is 198 Å². The van der Waals surface area contributed by atoms with Crippen LogP contribution in [0, 0.1) is 11.8 Å². The number of likely N-dealkylation sites (tertiary alicyclic amines) is 1. The molecule has 178 valence electrons. The molecule has 3 aliphatic rings. The summed E-state index contributed by atoms with van der Waals surface area (Å²) in [6.07, 6.45) is 16.8. The Morgan fingerprint density at radius 3 is 2.67 bits per heavy atom. The highest BCUT2D eigenvalue weighted by molar-refractivity contribution is 5.84. The molecule has 0 atom stereocenters. The summed E-state index contributed by atoms with van der Waals surface area (Å²) in [5.41, 5.74) is 4.66. The molecular formula is C28H39N3O2. The van der Waals surface area contributed by atoms with Crippen molar-refractivity contribution < 1.29 is 9.26 Å². The van der Waals surface area contributed by atoms with Crippen molar-refractivity contribution >= 4 is 11.0 Å². The molecule has 33 heavy (non-hydrogen) atoms. The molecule has 1 saturated carbocycles. The van der Waals surface area contributed by atoms with Gasteiger partial charge in [0.05, 0.1) is 17.9 Å². The number of aromatic nitrogens is 1. The van der Waals surface area contributed by atoms with Crippen LogP contribution in [0.15, 0.2) is 40.5 Å². The summed E-state index contributed by atoms with van der Waals surface area (Å²) >= 11 is 0. The fraction of sp³-hybridized carbons (Fsp3) is 0.607. The molecule has 5 nitrogen and oxygen atoms in total. The topological polar surface area (TPSA) is 41.7 Å². The van der Waals surface area contributed by atoms with Crippen LogP contribution in [0.5, 0.6) is 5.75 Å². The smallest absolute Gasteiger partial charge is 0.175 e. The number of hydrogen-bond acceptors (Lipinski definition) is 5. The van der Waals surface area contributed by atoms with Crippen molar-refractivity contribution in [3.63, 3.8) is 0 Å². The highest BCUT2D eigenvalue weighted by Gasteiger charge is 2.24. The minimum atomic E-state index is 0.737. The zero-order chi connectivity index (χ0) is 22.6. The molecule has 2 heterocycles. The van der Waals surface area contributed by atoms with Gasteiger partial charge >= 0.3 is 0 Å². The summed E-state index contributed by atoms with van der Waals surface area (Å²) < 4.78 is 12.1. The van der Waals surface area contributed by atoms with Crippen LogP contribution in [0.2, 0.25) is 0 Å². The number of rotatable bonds is 10. The summed E-state index contributed by atoms with van der Waals surface area (Å²) in [5, 5.41) is 5.68. The third-order valence-corrected chi connectivity index (χ3v) is 7.40. The van der Waals surface area contributed by atoms with E-state index in [1.807, 2.05) is 0 Å². The number of ether oxygens (including phenoxy) is 1. The number of nitrogens with zero attached hydrogens (tertiary/aromatic N) is 3. The Hall–Kier alpha value is -2.11. The predicted molar refractivity (Wildman–Crippen MR) is 134 cm³/mol. The third-order valence-electron chi connectivity index (χ3n) is 7.40. The molecule has 5 rings (SSSR count). The lowest BCUT2D eigenvalue weighted by atomic mass is 9.90. The average Bonchev–Trinajstić information content (AvgIpc) is 3.56. The minimum Gasteiger partial charge on any atom is -0.493 e. The van der Waals surface area contributed by atoms with Gasteiger partial charge in [-0.1, -0.05) is 23.4 Å². The zero-order valence-electron chi connectivity index (χ0n) is 20.4. The summed E-state index contributed by atoms with van der Waals surface area (Å²) in [6.45, 7) is 5.17. The van der Waals surface area contributed by atoms with Gasteiger partial charge in [-0.05, 0) is 108 Å². The van der Waals surface area contributed by atoms with E-state index in [1.165, 1.54) is 69.0 Å². The van der Waals surface area contributed by atoms with Crippen molar-refractivity contribution in [2.45, 2.75) is 57.9 Å². The number of allylic oxidation sites excluding steroid dienone is 2. The highest BCUT2D eigenvalue weighted by Crippen LogP contribution is 2.35. The fourth-order valence-electron chi connectivity index (χ4n) is 5.18. The normalized spacial score (nSPS) is 20.0. The maximum Gasteiger partial charge on any atom is 0.175 e. The molecule has 2 fully saturated rings. The van der Waals surface area contributed by atoms with E-state index in [4.69, 9.17) is 9.26 Å². The van der Waals surface area contributed by atoms with E-state index in [2.05, 4.69) is 59.4 Å². The van der Waals surface area contributed by atoms with Crippen LogP contribution in [-0.2, 0) is 13.0 Å². The lowest BCUT2D eigenvalue weighted by Gasteiger charge is -2.32. The van der Waals surface area contributed by atoms with Crippen molar-refractivity contribution in [1.29, 1.82) is 0 Å². The van der Waals surface area contributed by atoms with E-state index < -0.39 is 0 Å². The molecule has 1 aromatic heterocycles. The molecule has 0 unspecified atom stereocenters. The maximum absolute atomic E-state index is 6.17. The van der Waals surface area contributed by atoms with Crippen molar-refractivity contribution in [3.05, 3.63) is 47.2 Å². The van der Waals surface area contributed by atoms with Crippen molar-refractivity contribution in [2.24, 2.45) is 11.8 Å². The van der Waals surface area contributed by atoms with Crippen LogP contribution in [0.3, 0.4) is 0 Å². The van der Waals surface area contributed by atoms with Gasteiger partial charge in [0.2, 0.25) is 0 Å². The van der Waals surface area contributed by atoms with Crippen LogP contribution in [-0.4, -0.2) is 55.3 Å². The Kier molecular flexibility index (Phi) is 7.17. The van der Waals surface area contributed by atoms with E-state index in [0.29, 0.717) is 0 Å². The Morgan fingerprint density at radius 2 is 1.94 bits per heavy atom. The summed E-state index contributed by atoms with van der Waals surface area (Å²) in [6, 6.07) is 4.30. The quantitative estimate of drug-likeness (QED) is 0.472. The largest absolute Gasteiger partial charge is 0.493 e. The van der Waals surface area contributed by atoms with E-state index in [0.717, 1.165) is 60.5 Å². The number of benzene rings is 1. The van der Waals surface area contributed by atoms with E-state index in [9.17, 15) is 0 Å². The lowest BCUT2D eigenvalue weighted by molar-refractivity contribution is 0.192.